The molecule has 1 N–H and O–H groups in total. The molecule has 1 unspecified atom stereocenters. The number of unbranched alkanes of at least 4 members (excludes halogenated alkanes) is 3. The molecule has 1 aliphatic rings. The van der Waals surface area contributed by atoms with Crippen LogP contribution in [-0.2, 0) is 9.47 Å². The minimum Gasteiger partial charge on any atom is -0.377 e. The summed E-state index contributed by atoms with van der Waals surface area (Å²) in [6.45, 7) is 7.83. The van der Waals surface area contributed by atoms with Crippen molar-refractivity contribution in [3.8, 4) is 0 Å². The highest BCUT2D eigenvalue weighted by Crippen LogP contribution is 2.11. The third-order valence-corrected chi connectivity index (χ3v) is 3.83. The Kier molecular flexibility index (Phi) is 10.8. The van der Waals surface area contributed by atoms with Gasteiger partial charge in [-0.25, -0.2) is 0 Å². The first-order valence-electron chi connectivity index (χ1n) is 8.50. The molecule has 0 bridgehead atoms. The van der Waals surface area contributed by atoms with Crippen molar-refractivity contribution in [2.75, 3.05) is 47.0 Å². The molecule has 0 radical (unpaired) electrons. The Balaban J connectivity index is 2.03. The predicted molar refractivity (Wildman–Crippen MR) is 92.4 cm³/mol. The van der Waals surface area contributed by atoms with Crippen LogP contribution in [0.3, 0.4) is 0 Å². The monoisotopic (exact) mass is 311 g/mol. The summed E-state index contributed by atoms with van der Waals surface area (Å²) in [5.41, 5.74) is 0. The first-order chi connectivity index (χ1) is 10.8. The molecule has 128 valence electrons. The topological polar surface area (TPSA) is 46.1 Å². The lowest BCUT2D eigenvalue weighted by molar-refractivity contribution is 0.0190. The number of guanidine groups is 1. The summed E-state index contributed by atoms with van der Waals surface area (Å²) in [5.74, 6) is 0.935. The van der Waals surface area contributed by atoms with Crippen molar-refractivity contribution >= 4 is 5.96 Å². The van der Waals surface area contributed by atoms with Gasteiger partial charge in [0, 0.05) is 33.8 Å². The smallest absolute Gasteiger partial charge is 0.193 e. The maximum atomic E-state index is 5.65. The summed E-state index contributed by atoms with van der Waals surface area (Å²) >= 11 is 0. The summed E-state index contributed by atoms with van der Waals surface area (Å²) in [7, 11) is 3.90. The normalized spacial score (nSPS) is 18.5. The number of nitrogens with zero attached hydrogens (tertiary/aromatic N) is 2. The summed E-state index contributed by atoms with van der Waals surface area (Å²) in [6.07, 6.45) is 9.33. The van der Waals surface area contributed by atoms with Crippen molar-refractivity contribution in [3.05, 3.63) is 12.7 Å². The second-order valence-corrected chi connectivity index (χ2v) is 5.74. The molecule has 0 aliphatic carbocycles. The predicted octanol–water partition coefficient (Wildman–Crippen LogP) is 2.44. The van der Waals surface area contributed by atoms with Gasteiger partial charge in [-0.3, -0.25) is 4.99 Å². The van der Waals surface area contributed by atoms with Gasteiger partial charge < -0.3 is 19.7 Å². The third-order valence-electron chi connectivity index (χ3n) is 3.83. The lowest BCUT2D eigenvalue weighted by atomic mass is 10.2. The molecule has 0 aromatic rings. The fourth-order valence-corrected chi connectivity index (χ4v) is 2.53. The summed E-state index contributed by atoms with van der Waals surface area (Å²) in [5, 5.41) is 3.34. The molecule has 5 heteroatoms. The lowest BCUT2D eigenvalue weighted by Gasteiger charge is -2.22. The molecule has 1 fully saturated rings. The quantitative estimate of drug-likeness (QED) is 0.275. The highest BCUT2D eigenvalue weighted by molar-refractivity contribution is 5.79. The molecule has 0 aromatic heterocycles. The van der Waals surface area contributed by atoms with Crippen molar-refractivity contribution in [2.24, 2.45) is 4.99 Å². The average Bonchev–Trinajstić information content (AvgIpc) is 3.03. The van der Waals surface area contributed by atoms with Crippen LogP contribution in [0, 0.1) is 0 Å². The molecule has 0 spiro atoms. The van der Waals surface area contributed by atoms with E-state index in [-0.39, 0.29) is 0 Å². The maximum absolute atomic E-state index is 5.65. The SMILES string of the molecule is C=CCCCCCN(C)C(=NC)NCCOCC1CCCO1. The van der Waals surface area contributed by atoms with Gasteiger partial charge in [0.15, 0.2) is 5.96 Å². The van der Waals surface area contributed by atoms with E-state index in [1.807, 2.05) is 13.1 Å². The second-order valence-electron chi connectivity index (χ2n) is 5.74. The van der Waals surface area contributed by atoms with Crippen LogP contribution in [0.5, 0.6) is 0 Å². The maximum Gasteiger partial charge on any atom is 0.193 e. The van der Waals surface area contributed by atoms with Crippen molar-refractivity contribution in [1.29, 1.82) is 0 Å². The number of allylic oxidation sites excluding steroid dienone is 1. The van der Waals surface area contributed by atoms with Crippen LogP contribution in [0.2, 0.25) is 0 Å². The van der Waals surface area contributed by atoms with Crippen LogP contribution in [0.25, 0.3) is 0 Å². The molecule has 5 nitrogen and oxygen atoms in total. The number of ether oxygens (including phenoxy) is 2. The molecule has 1 heterocycles. The Morgan fingerprint density at radius 1 is 1.45 bits per heavy atom. The van der Waals surface area contributed by atoms with E-state index in [2.05, 4.69) is 28.8 Å². The van der Waals surface area contributed by atoms with Gasteiger partial charge in [0.05, 0.1) is 19.3 Å². The van der Waals surface area contributed by atoms with E-state index in [9.17, 15) is 0 Å². The highest BCUT2D eigenvalue weighted by Gasteiger charge is 2.15. The van der Waals surface area contributed by atoms with E-state index < -0.39 is 0 Å². The molecule has 1 atom stereocenters. The van der Waals surface area contributed by atoms with Crippen LogP contribution in [0.4, 0.5) is 0 Å². The van der Waals surface area contributed by atoms with E-state index in [1.165, 1.54) is 19.3 Å². The van der Waals surface area contributed by atoms with Crippen molar-refractivity contribution in [1.82, 2.24) is 10.2 Å². The zero-order chi connectivity index (χ0) is 16.0. The van der Waals surface area contributed by atoms with Gasteiger partial charge in [0.25, 0.3) is 0 Å². The summed E-state index contributed by atoms with van der Waals surface area (Å²) in [6, 6.07) is 0. The van der Waals surface area contributed by atoms with E-state index in [4.69, 9.17) is 9.47 Å². The molecule has 0 aromatic carbocycles. The Morgan fingerprint density at radius 2 is 2.32 bits per heavy atom. The van der Waals surface area contributed by atoms with Crippen LogP contribution in [0.15, 0.2) is 17.6 Å². The zero-order valence-corrected chi connectivity index (χ0v) is 14.4. The molecule has 0 saturated carbocycles. The number of aliphatic imine (C=N–C) groups is 1. The highest BCUT2D eigenvalue weighted by atomic mass is 16.5. The first kappa shape index (κ1) is 19.0. The van der Waals surface area contributed by atoms with E-state index in [1.54, 1.807) is 0 Å². The fraction of sp³-hybridized carbons (Fsp3) is 0.824. The minimum absolute atomic E-state index is 0.303. The van der Waals surface area contributed by atoms with E-state index in [0.29, 0.717) is 19.3 Å². The van der Waals surface area contributed by atoms with E-state index in [0.717, 1.165) is 44.9 Å². The Hall–Kier alpha value is -1.07. The minimum atomic E-state index is 0.303. The number of hydrogen-bond donors (Lipinski definition) is 1. The number of hydrogen-bond acceptors (Lipinski definition) is 3. The van der Waals surface area contributed by atoms with Crippen LogP contribution in [-0.4, -0.2) is 64.0 Å². The standard InChI is InChI=1S/C17H33N3O2/c1-4-5-6-7-8-12-20(3)17(18-2)19-11-14-21-15-16-10-9-13-22-16/h4,16H,1,5-15H2,2-3H3,(H,18,19). The molecular formula is C17H33N3O2. The Bertz CT molecular complexity index is 315. The van der Waals surface area contributed by atoms with Gasteiger partial charge in [-0.2, -0.15) is 0 Å². The van der Waals surface area contributed by atoms with Gasteiger partial charge in [-0.1, -0.05) is 12.5 Å². The van der Waals surface area contributed by atoms with Gasteiger partial charge in [0.1, 0.15) is 0 Å². The Labute approximate surface area is 135 Å². The second kappa shape index (κ2) is 12.5. The molecule has 1 rings (SSSR count). The van der Waals surface area contributed by atoms with Crippen LogP contribution in [0.1, 0.15) is 38.5 Å². The molecule has 22 heavy (non-hydrogen) atoms. The number of rotatable bonds is 11. The molecule has 1 saturated heterocycles. The molecular weight excluding hydrogens is 278 g/mol. The number of nitrogens with one attached hydrogen (secondary N) is 1. The van der Waals surface area contributed by atoms with Gasteiger partial charge in [0.2, 0.25) is 0 Å². The van der Waals surface area contributed by atoms with E-state index >= 15 is 0 Å². The Morgan fingerprint density at radius 3 is 3.00 bits per heavy atom. The van der Waals surface area contributed by atoms with Crippen molar-refractivity contribution in [2.45, 2.75) is 44.6 Å². The van der Waals surface area contributed by atoms with Crippen molar-refractivity contribution < 1.29 is 9.47 Å². The molecule has 0 amide bonds. The average molecular weight is 311 g/mol. The first-order valence-corrected chi connectivity index (χ1v) is 8.50. The summed E-state index contributed by atoms with van der Waals surface area (Å²) in [4.78, 5) is 6.49. The van der Waals surface area contributed by atoms with Gasteiger partial charge in [-0.05, 0) is 32.1 Å². The summed E-state index contributed by atoms with van der Waals surface area (Å²) < 4.78 is 11.2. The van der Waals surface area contributed by atoms with Crippen LogP contribution < -0.4 is 5.32 Å². The third kappa shape index (κ3) is 8.39. The van der Waals surface area contributed by atoms with Gasteiger partial charge in [-0.15, -0.1) is 6.58 Å². The van der Waals surface area contributed by atoms with Crippen LogP contribution >= 0.6 is 0 Å². The largest absolute Gasteiger partial charge is 0.377 e. The lowest BCUT2D eigenvalue weighted by Crippen LogP contribution is -2.40. The van der Waals surface area contributed by atoms with Crippen molar-refractivity contribution in [3.63, 3.8) is 0 Å². The zero-order valence-electron chi connectivity index (χ0n) is 14.4. The van der Waals surface area contributed by atoms with Gasteiger partial charge >= 0.3 is 0 Å². The molecule has 1 aliphatic heterocycles. The fourth-order valence-electron chi connectivity index (χ4n) is 2.53.